The second-order valence-electron chi connectivity index (χ2n) is 10.9. The molecule has 9 nitrogen and oxygen atoms in total. The summed E-state index contributed by atoms with van der Waals surface area (Å²) in [4.78, 5) is 22.5. The zero-order valence-electron chi connectivity index (χ0n) is 25.0. The average molecular weight is 654 g/mol. The Balaban J connectivity index is 1.37. The first-order valence-electron chi connectivity index (χ1n) is 14.6. The lowest BCUT2D eigenvalue weighted by atomic mass is 10.0. The number of hydrogen-bond acceptors (Lipinski definition) is 8. The summed E-state index contributed by atoms with van der Waals surface area (Å²) in [6.45, 7) is 1.95. The minimum atomic E-state index is -0.397. The van der Waals surface area contributed by atoms with Crippen molar-refractivity contribution in [3.8, 4) is 28.4 Å². The van der Waals surface area contributed by atoms with E-state index in [9.17, 15) is 9.90 Å². The van der Waals surface area contributed by atoms with Crippen molar-refractivity contribution in [2.45, 2.75) is 32.0 Å². The van der Waals surface area contributed by atoms with Crippen LogP contribution in [-0.4, -0.2) is 65.8 Å². The highest BCUT2D eigenvalue weighted by molar-refractivity contribution is 6.39. The lowest BCUT2D eigenvalue weighted by Crippen LogP contribution is -2.35. The van der Waals surface area contributed by atoms with Crippen LogP contribution in [0.3, 0.4) is 0 Å². The molecule has 2 aromatic carbocycles. The van der Waals surface area contributed by atoms with E-state index in [0.717, 1.165) is 12.0 Å². The molecule has 3 heterocycles. The number of benzene rings is 2. The molecule has 0 bridgehead atoms. The van der Waals surface area contributed by atoms with Crippen LogP contribution in [-0.2, 0) is 17.9 Å². The number of methoxy groups -OCH3 is 1. The summed E-state index contributed by atoms with van der Waals surface area (Å²) in [5, 5.41) is 19.3. The third kappa shape index (κ3) is 7.71. The van der Waals surface area contributed by atoms with E-state index < -0.39 is 5.82 Å². The molecule has 0 aliphatic carbocycles. The van der Waals surface area contributed by atoms with Gasteiger partial charge in [0.25, 0.3) is 0 Å². The van der Waals surface area contributed by atoms with Crippen molar-refractivity contribution in [3.63, 3.8) is 0 Å². The predicted molar refractivity (Wildman–Crippen MR) is 175 cm³/mol. The Labute approximate surface area is 271 Å². The minimum absolute atomic E-state index is 0.00800. The summed E-state index contributed by atoms with van der Waals surface area (Å²) in [6.07, 6.45) is 3.02. The molecular weight excluding hydrogens is 618 g/mol. The number of pyridine rings is 2. The van der Waals surface area contributed by atoms with E-state index in [4.69, 9.17) is 32.9 Å². The Kier molecular flexibility index (Phi) is 10.9. The standard InChI is InChI=1S/C33H35Cl2FN6O3/c1-42(15-16-43)19-21-5-3-8-27(31(21)36)40-26-7-4-6-24(29(26)34)32-30(35)23(13-14-38-32)25-11-9-20(33(41-25)45-2)17-37-18-22-10-12-28(44)39-22/h3-9,11,13-14,22,37,40,43H,10,12,15-19H2,1-2H3,(H,39,44)/t22-/m0/s1. The van der Waals surface area contributed by atoms with E-state index in [0.29, 0.717) is 82.3 Å². The maximum atomic E-state index is 15.4. The van der Waals surface area contributed by atoms with Gasteiger partial charge in [-0.15, -0.1) is 0 Å². The van der Waals surface area contributed by atoms with Gasteiger partial charge in [-0.1, -0.05) is 53.5 Å². The van der Waals surface area contributed by atoms with Crippen molar-refractivity contribution in [1.29, 1.82) is 0 Å². The molecule has 0 radical (unpaired) electrons. The number of aliphatic hydroxyl groups excluding tert-OH is 1. The van der Waals surface area contributed by atoms with Crippen molar-refractivity contribution < 1.29 is 19.0 Å². The first-order valence-corrected chi connectivity index (χ1v) is 15.4. The second-order valence-corrected chi connectivity index (χ2v) is 11.6. The lowest BCUT2D eigenvalue weighted by Gasteiger charge is -2.18. The van der Waals surface area contributed by atoms with Crippen molar-refractivity contribution in [1.82, 2.24) is 25.5 Å². The molecule has 1 amide bonds. The number of carbonyl (C=O) groups is 1. The van der Waals surface area contributed by atoms with Gasteiger partial charge in [0.05, 0.1) is 46.5 Å². The molecule has 0 spiro atoms. The number of nitrogens with one attached hydrogen (secondary N) is 3. The number of amides is 1. The first-order chi connectivity index (χ1) is 21.8. The van der Waals surface area contributed by atoms with Gasteiger partial charge >= 0.3 is 0 Å². The summed E-state index contributed by atoms with van der Waals surface area (Å²) >= 11 is 13.8. The summed E-state index contributed by atoms with van der Waals surface area (Å²) in [5.74, 6) is 0.147. The van der Waals surface area contributed by atoms with E-state index >= 15 is 4.39 Å². The van der Waals surface area contributed by atoms with Crippen LogP contribution in [0.1, 0.15) is 24.0 Å². The molecule has 0 unspecified atom stereocenters. The monoisotopic (exact) mass is 652 g/mol. The Bertz CT molecular complexity index is 1670. The van der Waals surface area contributed by atoms with Gasteiger partial charge in [0, 0.05) is 67.1 Å². The number of aliphatic hydroxyl groups is 1. The van der Waals surface area contributed by atoms with E-state index in [1.165, 1.54) is 0 Å². The molecule has 1 aliphatic heterocycles. The molecule has 5 rings (SSSR count). The Hall–Kier alpha value is -3.80. The van der Waals surface area contributed by atoms with Crippen LogP contribution in [0.5, 0.6) is 5.88 Å². The molecule has 0 saturated carbocycles. The van der Waals surface area contributed by atoms with Crippen LogP contribution in [0.25, 0.3) is 22.5 Å². The number of aromatic nitrogens is 2. The molecule has 1 atom stereocenters. The molecule has 236 valence electrons. The van der Waals surface area contributed by atoms with E-state index in [-0.39, 0.29) is 24.2 Å². The van der Waals surface area contributed by atoms with Crippen molar-refractivity contribution in [2.75, 3.05) is 39.2 Å². The van der Waals surface area contributed by atoms with E-state index in [1.54, 1.807) is 55.8 Å². The molecule has 1 aliphatic rings. The van der Waals surface area contributed by atoms with Gasteiger partial charge in [0.15, 0.2) is 5.82 Å². The third-order valence-corrected chi connectivity index (χ3v) is 8.40. The van der Waals surface area contributed by atoms with Crippen molar-refractivity contribution >= 4 is 40.5 Å². The van der Waals surface area contributed by atoms with Gasteiger partial charge in [0.1, 0.15) is 0 Å². The number of nitrogens with zero attached hydrogens (tertiary/aromatic N) is 3. The molecule has 4 aromatic rings. The van der Waals surface area contributed by atoms with Crippen LogP contribution in [0, 0.1) is 5.82 Å². The Morgan fingerprint density at radius 1 is 1.07 bits per heavy atom. The number of ether oxygens (including phenoxy) is 1. The molecule has 1 fully saturated rings. The van der Waals surface area contributed by atoms with Crippen LogP contribution < -0.4 is 20.7 Å². The topological polar surface area (TPSA) is 112 Å². The number of anilines is 2. The molecular formula is C33H35Cl2FN6O3. The first kappa shape index (κ1) is 32.6. The van der Waals surface area contributed by atoms with Crippen LogP contribution in [0.15, 0.2) is 60.8 Å². The summed E-state index contributed by atoms with van der Waals surface area (Å²) in [6, 6.07) is 16.2. The third-order valence-electron chi connectivity index (χ3n) is 7.61. The summed E-state index contributed by atoms with van der Waals surface area (Å²) in [7, 11) is 3.38. The van der Waals surface area contributed by atoms with Crippen LogP contribution in [0.2, 0.25) is 10.0 Å². The SMILES string of the molecule is COc1nc(-c2ccnc(-c3cccc(Nc4cccc(CN(C)CCO)c4F)c3Cl)c2Cl)ccc1CNC[C@@H]1CCC(=O)N1. The van der Waals surface area contributed by atoms with Crippen molar-refractivity contribution in [3.05, 3.63) is 87.8 Å². The average Bonchev–Trinajstić information content (AvgIpc) is 3.45. The second kappa shape index (κ2) is 15.0. The van der Waals surface area contributed by atoms with Crippen molar-refractivity contribution in [2.24, 2.45) is 0 Å². The quantitative estimate of drug-likeness (QED) is 0.143. The Morgan fingerprint density at radius 3 is 2.62 bits per heavy atom. The fourth-order valence-electron chi connectivity index (χ4n) is 5.27. The highest BCUT2D eigenvalue weighted by Gasteiger charge is 2.21. The Morgan fingerprint density at radius 2 is 1.87 bits per heavy atom. The van der Waals surface area contributed by atoms with Gasteiger partial charge in [-0.2, -0.15) is 0 Å². The lowest BCUT2D eigenvalue weighted by molar-refractivity contribution is -0.119. The summed E-state index contributed by atoms with van der Waals surface area (Å²) < 4.78 is 21.0. The predicted octanol–water partition coefficient (Wildman–Crippen LogP) is 5.80. The zero-order chi connectivity index (χ0) is 31.9. The summed E-state index contributed by atoms with van der Waals surface area (Å²) in [5.41, 5.74) is 4.40. The fourth-order valence-corrected chi connectivity index (χ4v) is 5.84. The number of halogens is 3. The molecule has 2 aromatic heterocycles. The van der Waals surface area contributed by atoms with E-state index in [1.807, 2.05) is 24.1 Å². The highest BCUT2D eigenvalue weighted by Crippen LogP contribution is 2.41. The number of rotatable bonds is 13. The van der Waals surface area contributed by atoms with Gasteiger partial charge in [0.2, 0.25) is 11.8 Å². The molecule has 45 heavy (non-hydrogen) atoms. The fraction of sp³-hybridized carbons (Fsp3) is 0.303. The van der Waals surface area contributed by atoms with Crippen LogP contribution in [0.4, 0.5) is 15.8 Å². The number of hydrogen-bond donors (Lipinski definition) is 4. The maximum Gasteiger partial charge on any atom is 0.220 e. The molecule has 12 heteroatoms. The van der Waals surface area contributed by atoms with Crippen LogP contribution >= 0.6 is 23.2 Å². The molecule has 1 saturated heterocycles. The minimum Gasteiger partial charge on any atom is -0.481 e. The number of likely N-dealkylation sites (N-methyl/N-ethyl adjacent to an activating group) is 1. The normalized spacial score (nSPS) is 14.6. The van der Waals surface area contributed by atoms with Gasteiger partial charge in [-0.3, -0.25) is 14.7 Å². The largest absolute Gasteiger partial charge is 0.481 e. The maximum absolute atomic E-state index is 15.4. The number of carbonyl (C=O) groups excluding carboxylic acids is 1. The highest BCUT2D eigenvalue weighted by atomic mass is 35.5. The van der Waals surface area contributed by atoms with E-state index in [2.05, 4.69) is 20.9 Å². The zero-order valence-corrected chi connectivity index (χ0v) is 26.6. The molecule has 4 N–H and O–H groups in total. The van der Waals surface area contributed by atoms with Gasteiger partial charge in [-0.05, 0) is 37.7 Å². The smallest absolute Gasteiger partial charge is 0.220 e. The van der Waals surface area contributed by atoms with Gasteiger partial charge in [-0.25, -0.2) is 9.37 Å². The van der Waals surface area contributed by atoms with Gasteiger partial charge < -0.3 is 25.8 Å².